The number of aliphatic carboxylic acids is 1. The molecule has 10 atom stereocenters. The van der Waals surface area contributed by atoms with E-state index in [1.807, 2.05) is 18.2 Å². The van der Waals surface area contributed by atoms with Crippen LogP contribution in [0, 0.1) is 29.1 Å². The average molecular weight is 1280 g/mol. The van der Waals surface area contributed by atoms with Crippen molar-refractivity contribution in [2.24, 2.45) is 78.5 Å². The number of benzene rings is 2. The zero-order chi connectivity index (χ0) is 66.5. The number of aliphatic hydroxyl groups is 1. The monoisotopic (exact) mass is 1280 g/mol. The number of aliphatic hydroxyl groups excluding tert-OH is 1. The summed E-state index contributed by atoms with van der Waals surface area (Å²) in [6.45, 7) is 7.70. The predicted octanol–water partition coefficient (Wildman–Crippen LogP) is 0.231. The molecular weight excluding hydrogens is 1190 g/mol. The Balaban J connectivity index is 1.96. The van der Waals surface area contributed by atoms with Gasteiger partial charge in [0.1, 0.15) is 12.1 Å². The summed E-state index contributed by atoms with van der Waals surface area (Å²) in [5.74, 6) is -13.0. The second-order valence-electron chi connectivity index (χ2n) is 23.2. The Kier molecular flexibility index (Phi) is 31.9. The van der Waals surface area contributed by atoms with Crippen LogP contribution >= 0.6 is 25.3 Å². The number of hydrogen-bond donors (Lipinski definition) is 16. The van der Waals surface area contributed by atoms with Crippen molar-refractivity contribution in [3.63, 3.8) is 0 Å². The average Bonchev–Trinajstić information content (AvgIpc) is 2.41. The van der Waals surface area contributed by atoms with Gasteiger partial charge in [-0.05, 0) is 80.9 Å². The third-order valence-corrected chi connectivity index (χ3v) is 15.6. The lowest BCUT2D eigenvalue weighted by molar-refractivity contribution is -0.146. The number of carboxylic acids is 1. The fourth-order valence-corrected chi connectivity index (χ4v) is 10.5. The largest absolute Gasteiger partial charge is 0.480 e. The minimum absolute atomic E-state index is 0.0137. The van der Waals surface area contributed by atoms with Gasteiger partial charge in [-0.3, -0.25) is 58.1 Å². The molecular formula is C60H91N15O12S2. The van der Waals surface area contributed by atoms with Crippen LogP contribution in [0.4, 0.5) is 0 Å². The minimum atomic E-state index is -1.60. The van der Waals surface area contributed by atoms with E-state index in [1.165, 1.54) is 13.8 Å². The quantitative estimate of drug-likeness (QED) is 0.0156. The number of nitrogens with zero attached hydrogens (tertiary/aromatic N) is 3. The van der Waals surface area contributed by atoms with Crippen molar-refractivity contribution in [3.05, 3.63) is 71.9 Å². The molecule has 490 valence electrons. The number of amides is 5. The number of carboxylic acid groups (broad SMARTS) is 1. The molecule has 5 amide bonds. The molecule has 0 saturated heterocycles. The summed E-state index contributed by atoms with van der Waals surface area (Å²) in [5, 5.41) is 34.8. The Hall–Kier alpha value is -8.05. The number of aromatic amines is 1. The van der Waals surface area contributed by atoms with Crippen molar-refractivity contribution >= 4 is 113 Å². The summed E-state index contributed by atoms with van der Waals surface area (Å²) in [5.41, 5.74) is 34.1. The zero-order valence-corrected chi connectivity index (χ0v) is 53.0. The number of nitrogens with two attached hydrogens (primary N) is 6. The van der Waals surface area contributed by atoms with Crippen molar-refractivity contribution in [1.82, 2.24) is 31.6 Å². The SMILES string of the molecule is CC(=O)N[C@@H](CCCN=C(N)N)C(=O)C[C@@H](CCCN=C(N)N)C(=O)N[C@@H](Cc1ccccc1)C(=O)C[C@@H](Cc1c[nH]c2ccccc12)C(=O)N[C@H](CS)C(=O)C[C@@H](CS)C(=O)N[C@H](C(=O)C[C@@H](CCCN=C(N)N)C(=O)N[C@H](C(=O)O)C(C)(C)C)[C@@H](C)O. The zero-order valence-electron chi connectivity index (χ0n) is 51.2. The number of rotatable bonds is 41. The molecule has 0 saturated carbocycles. The van der Waals surface area contributed by atoms with Gasteiger partial charge < -0.3 is 76.2 Å². The topological polar surface area (TPSA) is 480 Å². The molecule has 0 fully saturated rings. The maximum atomic E-state index is 15.0. The summed E-state index contributed by atoms with van der Waals surface area (Å²) >= 11 is 8.75. The number of guanidine groups is 3. The molecule has 20 N–H and O–H groups in total. The maximum Gasteiger partial charge on any atom is 0.326 e. The Labute approximate surface area is 529 Å². The van der Waals surface area contributed by atoms with Crippen molar-refractivity contribution in [2.45, 2.75) is 148 Å². The molecule has 3 aromatic rings. The number of H-pyrrole nitrogens is 1. The van der Waals surface area contributed by atoms with Gasteiger partial charge in [-0.1, -0.05) is 69.3 Å². The molecule has 1 heterocycles. The van der Waals surface area contributed by atoms with Crippen LogP contribution in [0.15, 0.2) is 75.8 Å². The number of aliphatic imine (C=N–C) groups is 3. The summed E-state index contributed by atoms with van der Waals surface area (Å²) in [7, 11) is 0. The number of nitrogens with one attached hydrogen (secondary N) is 6. The number of thiol groups is 2. The molecule has 2 aromatic carbocycles. The molecule has 1 aromatic heterocycles. The van der Waals surface area contributed by atoms with Crippen LogP contribution < -0.4 is 61.0 Å². The van der Waals surface area contributed by atoms with Crippen LogP contribution in [0.2, 0.25) is 0 Å². The predicted molar refractivity (Wildman–Crippen MR) is 346 cm³/mol. The fraction of sp³-hybridized carbons (Fsp3) is 0.550. The lowest BCUT2D eigenvalue weighted by Crippen LogP contribution is -2.53. The van der Waals surface area contributed by atoms with E-state index < -0.39 is 143 Å². The third kappa shape index (κ3) is 26.7. The summed E-state index contributed by atoms with van der Waals surface area (Å²) in [6, 6.07) is 9.52. The number of fused-ring (bicyclic) bond motifs is 1. The number of ketones is 4. The number of hydrogen-bond acceptors (Lipinski definition) is 16. The summed E-state index contributed by atoms with van der Waals surface area (Å²) in [6.07, 6.45) is -0.791. The van der Waals surface area contributed by atoms with E-state index in [0.29, 0.717) is 17.5 Å². The van der Waals surface area contributed by atoms with Gasteiger partial charge in [0.05, 0.1) is 30.1 Å². The molecule has 0 spiro atoms. The lowest BCUT2D eigenvalue weighted by Gasteiger charge is -2.30. The van der Waals surface area contributed by atoms with Crippen molar-refractivity contribution < 1.29 is 58.2 Å². The molecule has 0 aliphatic carbocycles. The van der Waals surface area contributed by atoms with Crippen molar-refractivity contribution in [2.75, 3.05) is 31.1 Å². The Morgan fingerprint density at radius 1 is 0.551 bits per heavy atom. The lowest BCUT2D eigenvalue weighted by atomic mass is 9.85. The van der Waals surface area contributed by atoms with Crippen LogP contribution in [0.3, 0.4) is 0 Å². The van der Waals surface area contributed by atoms with E-state index in [0.717, 1.165) is 10.9 Å². The number of Topliss-reactive ketones (excluding diaryl/α,β-unsaturated/α-hetero) is 4. The van der Waals surface area contributed by atoms with Crippen LogP contribution in [0.5, 0.6) is 0 Å². The van der Waals surface area contributed by atoms with E-state index in [4.69, 9.17) is 34.4 Å². The van der Waals surface area contributed by atoms with Gasteiger partial charge in [0, 0.05) is 98.6 Å². The standard InChI is InChI=1S/C60H91N15O12S2/c1-33(76)50(49(81)27-37(17-12-22-68-58(63)64)53(83)75-51(56(86)87)60(3,4)5)74-55(85)40(31-88)29-48(80)45(32-89)73-54(84)38(25-39-30-70-42-19-10-9-18-41(39)42)28-47(79)44(24-35-14-7-6-8-15-35)72-52(82)36(16-11-21-67-57(61)62)26-46(78)43(71-34(2)77)20-13-23-69-59(65)66/h6-10,14-15,18-19,30,33,36-38,40,43-45,50-51,70,76,88-89H,11-13,16-17,20-29,31-32H2,1-5H3,(H,71,77)(H,72,82)(H,73,84)(H,74,85)(H,75,83)(H,86,87)(H4,61,62,67)(H4,63,64,68)(H4,65,66,69)/t33-,36-,37-,38-,40+,43+,44+,45-,50+,51-/m1/s1. The van der Waals surface area contributed by atoms with Gasteiger partial charge in [-0.25, -0.2) is 4.79 Å². The van der Waals surface area contributed by atoms with Crippen molar-refractivity contribution in [3.8, 4) is 0 Å². The van der Waals surface area contributed by atoms with Crippen LogP contribution in [0.25, 0.3) is 10.9 Å². The first-order valence-corrected chi connectivity index (χ1v) is 30.7. The van der Waals surface area contributed by atoms with E-state index in [2.05, 4.69) is 71.8 Å². The second kappa shape index (κ2) is 37.7. The van der Waals surface area contributed by atoms with E-state index in [1.54, 1.807) is 63.4 Å². The molecule has 0 bridgehead atoms. The smallest absolute Gasteiger partial charge is 0.326 e. The van der Waals surface area contributed by atoms with Gasteiger partial charge in [-0.15, -0.1) is 0 Å². The Morgan fingerprint density at radius 3 is 1.53 bits per heavy atom. The van der Waals surface area contributed by atoms with Crippen molar-refractivity contribution in [1.29, 1.82) is 0 Å². The highest BCUT2D eigenvalue weighted by Gasteiger charge is 2.39. The number of aromatic nitrogens is 1. The Bertz CT molecular complexity index is 2980. The molecule has 3 rings (SSSR count). The first-order chi connectivity index (χ1) is 41.9. The minimum Gasteiger partial charge on any atom is -0.480 e. The van der Waals surface area contributed by atoms with Crippen LogP contribution in [-0.4, -0.2) is 159 Å². The normalized spacial score (nSPS) is 14.7. The highest BCUT2D eigenvalue weighted by molar-refractivity contribution is 7.80. The first kappa shape index (κ1) is 75.2. The highest BCUT2D eigenvalue weighted by atomic mass is 32.1. The van der Waals surface area contributed by atoms with Gasteiger partial charge in [0.2, 0.25) is 29.5 Å². The maximum absolute atomic E-state index is 15.0. The summed E-state index contributed by atoms with van der Waals surface area (Å²) in [4.78, 5) is 154. The summed E-state index contributed by atoms with van der Waals surface area (Å²) < 4.78 is 0. The first-order valence-electron chi connectivity index (χ1n) is 29.4. The molecule has 27 nitrogen and oxygen atoms in total. The van der Waals surface area contributed by atoms with Crippen LogP contribution in [0.1, 0.15) is 110 Å². The van der Waals surface area contributed by atoms with Crippen LogP contribution in [-0.2, 0) is 60.8 Å². The molecule has 89 heavy (non-hydrogen) atoms. The Morgan fingerprint density at radius 2 is 1.01 bits per heavy atom. The molecule has 0 unspecified atom stereocenters. The van der Waals surface area contributed by atoms with E-state index >= 15 is 0 Å². The number of para-hydroxylation sites is 1. The van der Waals surface area contributed by atoms with E-state index in [-0.39, 0.29) is 100 Å². The molecule has 29 heteroatoms. The molecule has 0 aliphatic heterocycles. The molecule has 0 aliphatic rings. The second-order valence-corrected chi connectivity index (χ2v) is 23.9. The third-order valence-electron chi connectivity index (χ3n) is 14.8. The molecule has 0 radical (unpaired) electrons. The van der Waals surface area contributed by atoms with Gasteiger partial charge in [0.15, 0.2) is 41.0 Å². The number of carbonyl (C=O) groups is 10. The van der Waals surface area contributed by atoms with Gasteiger partial charge >= 0.3 is 5.97 Å². The van der Waals surface area contributed by atoms with Gasteiger partial charge in [-0.2, -0.15) is 25.3 Å². The highest BCUT2D eigenvalue weighted by Crippen LogP contribution is 2.26. The van der Waals surface area contributed by atoms with Gasteiger partial charge in [0.25, 0.3) is 0 Å². The van der Waals surface area contributed by atoms with E-state index in [9.17, 15) is 58.2 Å². The number of carbonyl (C=O) groups excluding carboxylic acids is 9. The fourth-order valence-electron chi connectivity index (χ4n) is 9.95.